The molecule has 10 heteroatoms. The van der Waals surface area contributed by atoms with Gasteiger partial charge in [0.15, 0.2) is 0 Å². The summed E-state index contributed by atoms with van der Waals surface area (Å²) >= 11 is 0. The average molecular weight is 846 g/mol. The van der Waals surface area contributed by atoms with E-state index in [1.807, 2.05) is 146 Å². The minimum absolute atomic E-state index is 0. The maximum absolute atomic E-state index is 10.1. The molecule has 0 saturated heterocycles. The molecule has 3 N–H and O–H groups in total. The Morgan fingerprint density at radius 2 is 0.466 bits per heavy atom. The van der Waals surface area contributed by atoms with Gasteiger partial charge < -0.3 is 15.3 Å². The van der Waals surface area contributed by atoms with Gasteiger partial charge in [0.05, 0.1) is 50.9 Å². The fraction of sp³-hybridized carbons (Fsp3) is 0. The number of phenolic OH excluding ortho intramolecular Hbond substituents is 3. The molecule has 58 heavy (non-hydrogen) atoms. The molecular formula is C48H36N6O3Ru. The standard InChI is InChI=1S/3C16H12N2O.Ru/c3*19-15-9-5-6-12(13-7-1-3-10-17-13)16(15)14-8-2-4-11-18-14;/h3*1-11,19H;. The Bertz CT molecular complexity index is 2350. The molecular weight excluding hydrogens is 810 g/mol. The molecule has 284 valence electrons. The molecule has 9 rings (SSSR count). The van der Waals surface area contributed by atoms with Crippen LogP contribution in [0.5, 0.6) is 17.2 Å². The molecule has 3 aromatic carbocycles. The first-order valence-electron chi connectivity index (χ1n) is 18.0. The molecule has 0 amide bonds. The Labute approximate surface area is 348 Å². The van der Waals surface area contributed by atoms with Crippen molar-refractivity contribution in [3.63, 3.8) is 0 Å². The van der Waals surface area contributed by atoms with Crippen molar-refractivity contribution in [2.75, 3.05) is 0 Å². The number of rotatable bonds is 6. The van der Waals surface area contributed by atoms with Gasteiger partial charge in [-0.1, -0.05) is 72.8 Å². The van der Waals surface area contributed by atoms with E-state index in [1.54, 1.807) is 55.4 Å². The zero-order valence-electron chi connectivity index (χ0n) is 30.9. The fourth-order valence-corrected chi connectivity index (χ4v) is 6.17. The van der Waals surface area contributed by atoms with Crippen molar-refractivity contribution in [2.24, 2.45) is 0 Å². The Balaban J connectivity index is 0.000000145. The number of hydrogen-bond acceptors (Lipinski definition) is 9. The molecule has 0 aliphatic heterocycles. The van der Waals surface area contributed by atoms with Crippen LogP contribution in [0, 0.1) is 0 Å². The number of aromatic nitrogens is 6. The average Bonchev–Trinajstić information content (AvgIpc) is 3.28. The molecule has 9 aromatic rings. The molecule has 0 fully saturated rings. The number of benzene rings is 3. The van der Waals surface area contributed by atoms with Crippen LogP contribution in [0.25, 0.3) is 67.5 Å². The molecule has 0 bridgehead atoms. The first-order chi connectivity index (χ1) is 28.1. The molecule has 0 aliphatic rings. The van der Waals surface area contributed by atoms with Crippen molar-refractivity contribution in [3.05, 3.63) is 201 Å². The van der Waals surface area contributed by atoms with E-state index in [0.717, 1.165) is 50.9 Å². The summed E-state index contributed by atoms with van der Waals surface area (Å²) in [6, 6.07) is 50.2. The zero-order valence-corrected chi connectivity index (χ0v) is 32.7. The van der Waals surface area contributed by atoms with Crippen LogP contribution in [0.2, 0.25) is 0 Å². The number of nitrogens with zero attached hydrogens (tertiary/aromatic N) is 6. The Morgan fingerprint density at radius 1 is 0.241 bits per heavy atom. The maximum atomic E-state index is 10.1. The van der Waals surface area contributed by atoms with Crippen molar-refractivity contribution in [1.29, 1.82) is 0 Å². The first-order valence-corrected chi connectivity index (χ1v) is 18.0. The van der Waals surface area contributed by atoms with Gasteiger partial charge in [0.25, 0.3) is 0 Å². The van der Waals surface area contributed by atoms with Crippen LogP contribution in [0.3, 0.4) is 0 Å². The molecule has 0 spiro atoms. The predicted octanol–water partition coefficient (Wildman–Crippen LogP) is 10.5. The SMILES string of the molecule is Oc1cccc(-c2ccccn2)c1-c1ccccn1.Oc1cccc(-c2ccccn2)c1-c1ccccn1.Oc1cccc(-c2ccccn2)c1-c1ccccn1.[Ru]. The van der Waals surface area contributed by atoms with Gasteiger partial charge in [-0.3, -0.25) is 29.9 Å². The number of pyridine rings is 6. The van der Waals surface area contributed by atoms with Crippen LogP contribution in [-0.2, 0) is 19.5 Å². The topological polar surface area (TPSA) is 138 Å². The number of aromatic hydroxyl groups is 3. The quantitative estimate of drug-likeness (QED) is 0.140. The second kappa shape index (κ2) is 20.0. The maximum Gasteiger partial charge on any atom is 0.125 e. The van der Waals surface area contributed by atoms with E-state index >= 15 is 0 Å². The van der Waals surface area contributed by atoms with E-state index in [1.165, 1.54) is 0 Å². The van der Waals surface area contributed by atoms with Crippen LogP contribution in [-0.4, -0.2) is 45.2 Å². The van der Waals surface area contributed by atoms with Crippen molar-refractivity contribution in [1.82, 2.24) is 29.9 Å². The molecule has 9 nitrogen and oxygen atoms in total. The van der Waals surface area contributed by atoms with E-state index in [4.69, 9.17) is 0 Å². The van der Waals surface area contributed by atoms with Crippen LogP contribution >= 0.6 is 0 Å². The van der Waals surface area contributed by atoms with Crippen LogP contribution < -0.4 is 0 Å². The van der Waals surface area contributed by atoms with Gasteiger partial charge in [0.2, 0.25) is 0 Å². The molecule has 0 atom stereocenters. The molecule has 0 radical (unpaired) electrons. The van der Waals surface area contributed by atoms with Crippen molar-refractivity contribution < 1.29 is 34.8 Å². The second-order valence-electron chi connectivity index (χ2n) is 12.4. The largest absolute Gasteiger partial charge is 0.507 e. The second-order valence-corrected chi connectivity index (χ2v) is 12.4. The minimum atomic E-state index is 0. The first kappa shape index (κ1) is 40.3. The van der Waals surface area contributed by atoms with Crippen molar-refractivity contribution >= 4 is 0 Å². The van der Waals surface area contributed by atoms with E-state index < -0.39 is 0 Å². The summed E-state index contributed by atoms with van der Waals surface area (Å²) in [6.07, 6.45) is 10.3. The molecule has 6 aromatic heterocycles. The third kappa shape index (κ3) is 9.68. The minimum Gasteiger partial charge on any atom is -0.507 e. The smallest absolute Gasteiger partial charge is 0.125 e. The van der Waals surface area contributed by atoms with Crippen molar-refractivity contribution in [3.8, 4) is 84.8 Å². The fourth-order valence-electron chi connectivity index (χ4n) is 6.17. The summed E-state index contributed by atoms with van der Waals surface area (Å²) in [7, 11) is 0. The van der Waals surface area contributed by atoms with Gasteiger partial charge >= 0.3 is 0 Å². The normalized spacial score (nSPS) is 10.1. The molecule has 0 saturated carbocycles. The van der Waals surface area contributed by atoms with Gasteiger partial charge in [-0.05, 0) is 91.0 Å². The third-order valence-electron chi connectivity index (χ3n) is 8.71. The summed E-state index contributed by atoms with van der Waals surface area (Å²) in [4.78, 5) is 25.9. The van der Waals surface area contributed by atoms with E-state index in [0.29, 0.717) is 16.7 Å². The zero-order chi connectivity index (χ0) is 39.2. The predicted molar refractivity (Wildman–Crippen MR) is 224 cm³/mol. The monoisotopic (exact) mass is 846 g/mol. The Kier molecular flexibility index (Phi) is 13.8. The summed E-state index contributed by atoms with van der Waals surface area (Å²) in [5, 5.41) is 30.4. The number of phenols is 3. The van der Waals surface area contributed by atoms with E-state index in [2.05, 4.69) is 29.9 Å². The Hall–Kier alpha value is -7.42. The summed E-state index contributed by atoms with van der Waals surface area (Å²) in [6.45, 7) is 0. The van der Waals surface area contributed by atoms with Gasteiger partial charge in [-0.25, -0.2) is 0 Å². The van der Waals surface area contributed by atoms with E-state index in [9.17, 15) is 15.3 Å². The molecule has 0 unspecified atom stereocenters. The van der Waals surface area contributed by atoms with Gasteiger partial charge in [0.1, 0.15) is 17.2 Å². The van der Waals surface area contributed by atoms with Crippen LogP contribution in [0.15, 0.2) is 201 Å². The van der Waals surface area contributed by atoms with Gasteiger partial charge in [0, 0.05) is 73.3 Å². The van der Waals surface area contributed by atoms with Crippen molar-refractivity contribution in [2.45, 2.75) is 0 Å². The molecule has 6 heterocycles. The summed E-state index contributed by atoms with van der Waals surface area (Å²) in [5.74, 6) is 0.630. The summed E-state index contributed by atoms with van der Waals surface area (Å²) < 4.78 is 0. The summed E-state index contributed by atoms with van der Waals surface area (Å²) in [5.41, 5.74) is 9.42. The Morgan fingerprint density at radius 3 is 0.672 bits per heavy atom. The molecule has 0 aliphatic carbocycles. The van der Waals surface area contributed by atoms with Crippen LogP contribution in [0.1, 0.15) is 0 Å². The number of hydrogen-bond donors (Lipinski definition) is 3. The van der Waals surface area contributed by atoms with Gasteiger partial charge in [-0.2, -0.15) is 0 Å². The van der Waals surface area contributed by atoms with Gasteiger partial charge in [-0.15, -0.1) is 0 Å². The van der Waals surface area contributed by atoms with Crippen LogP contribution in [0.4, 0.5) is 0 Å². The third-order valence-corrected chi connectivity index (χ3v) is 8.71. The van der Waals surface area contributed by atoms with E-state index in [-0.39, 0.29) is 36.7 Å².